The fourth-order valence-electron chi connectivity index (χ4n) is 4.57. The number of fused-ring (bicyclic) bond motifs is 1. The molecule has 0 radical (unpaired) electrons. The molecule has 1 aliphatic rings. The van der Waals surface area contributed by atoms with Crippen LogP contribution >= 0.6 is 0 Å². The molecule has 1 aliphatic heterocycles. The Balaban J connectivity index is 1.85. The number of nitrogens with zero attached hydrogens (tertiary/aromatic N) is 3. The Kier molecular flexibility index (Phi) is 8.07. The number of hydrogen-bond donors (Lipinski definition) is 1. The zero-order chi connectivity index (χ0) is 26.7. The van der Waals surface area contributed by atoms with Gasteiger partial charge in [-0.2, -0.15) is 0 Å². The van der Waals surface area contributed by atoms with E-state index in [4.69, 9.17) is 4.98 Å². The Bertz CT molecular complexity index is 1330. The average molecular weight is 518 g/mol. The predicted molar refractivity (Wildman–Crippen MR) is 151 cm³/mol. The van der Waals surface area contributed by atoms with E-state index < -0.39 is 15.7 Å². The van der Waals surface area contributed by atoms with Crippen LogP contribution in [-0.4, -0.2) is 54.9 Å². The first-order valence-corrected chi connectivity index (χ1v) is 13.6. The van der Waals surface area contributed by atoms with E-state index in [-0.39, 0.29) is 18.6 Å². The summed E-state index contributed by atoms with van der Waals surface area (Å²) in [5.74, 6) is -0.182. The van der Waals surface area contributed by atoms with Crippen molar-refractivity contribution in [1.29, 1.82) is 0 Å². The maximum absolute atomic E-state index is 13.5. The fourth-order valence-corrected chi connectivity index (χ4v) is 5.98. The van der Waals surface area contributed by atoms with Gasteiger partial charge < -0.3 is 10.0 Å². The number of pyridine rings is 1. The lowest BCUT2D eigenvalue weighted by atomic mass is 9.95. The molecule has 1 N–H and O–H groups in total. The third kappa shape index (κ3) is 5.90. The summed E-state index contributed by atoms with van der Waals surface area (Å²) in [5, 5.41) is 9.94. The van der Waals surface area contributed by atoms with E-state index in [0.717, 1.165) is 27.8 Å². The molecule has 0 saturated heterocycles. The summed E-state index contributed by atoms with van der Waals surface area (Å²) in [6, 6.07) is 19.7. The highest BCUT2D eigenvalue weighted by Crippen LogP contribution is 2.44. The van der Waals surface area contributed by atoms with Gasteiger partial charge in [0.2, 0.25) is 0 Å². The summed E-state index contributed by atoms with van der Waals surface area (Å²) in [7, 11) is 2.12. The summed E-state index contributed by atoms with van der Waals surface area (Å²) in [4.78, 5) is 19.4. The van der Waals surface area contributed by atoms with Crippen LogP contribution in [0.3, 0.4) is 0 Å². The van der Waals surface area contributed by atoms with Crippen LogP contribution in [0.5, 0.6) is 0 Å². The highest BCUT2D eigenvalue weighted by Gasteiger charge is 2.40. The summed E-state index contributed by atoms with van der Waals surface area (Å²) in [6.07, 6.45) is 4.55. The van der Waals surface area contributed by atoms with Crippen LogP contribution < -0.4 is 0 Å². The van der Waals surface area contributed by atoms with Crippen LogP contribution in [0, 0.1) is 0 Å². The van der Waals surface area contributed by atoms with E-state index in [0.29, 0.717) is 24.4 Å². The summed E-state index contributed by atoms with van der Waals surface area (Å²) >= 11 is 0. The van der Waals surface area contributed by atoms with Crippen LogP contribution in [0.4, 0.5) is 0 Å². The maximum atomic E-state index is 13.5. The van der Waals surface area contributed by atoms with E-state index in [1.165, 1.54) is 4.90 Å². The molecule has 7 heteroatoms. The summed E-state index contributed by atoms with van der Waals surface area (Å²) in [5.41, 5.74) is 5.91. The molecule has 0 unspecified atom stereocenters. The van der Waals surface area contributed by atoms with Crippen molar-refractivity contribution in [1.82, 2.24) is 14.2 Å². The molecule has 0 bridgehead atoms. The Morgan fingerprint density at radius 1 is 1.08 bits per heavy atom. The smallest absolute Gasteiger partial charge is 0.271 e. The average Bonchev–Trinajstić information content (AvgIpc) is 3.24. The molecule has 0 aliphatic carbocycles. The fraction of sp³-hybridized carbons (Fsp3) is 0.333. The van der Waals surface area contributed by atoms with E-state index in [2.05, 4.69) is 30.4 Å². The van der Waals surface area contributed by atoms with Gasteiger partial charge >= 0.3 is 0 Å². The molecule has 2 atom stereocenters. The Morgan fingerprint density at radius 2 is 1.76 bits per heavy atom. The van der Waals surface area contributed by atoms with Crippen molar-refractivity contribution in [3.63, 3.8) is 0 Å². The van der Waals surface area contributed by atoms with Crippen LogP contribution in [0.1, 0.15) is 66.0 Å². The van der Waals surface area contributed by atoms with Crippen molar-refractivity contribution >= 4 is 29.0 Å². The maximum Gasteiger partial charge on any atom is 0.271 e. The number of carbonyl (C=O) groups is 1. The number of aliphatic hydroxyl groups excluding tert-OH is 1. The lowest BCUT2D eigenvalue weighted by Crippen LogP contribution is -2.36. The van der Waals surface area contributed by atoms with Gasteiger partial charge in [0, 0.05) is 38.4 Å². The molecule has 0 saturated carbocycles. The van der Waals surface area contributed by atoms with Crippen LogP contribution in [-0.2, 0) is 17.5 Å². The highest BCUT2D eigenvalue weighted by molar-refractivity contribution is 7.84. The molecule has 4 rings (SSSR count). The van der Waals surface area contributed by atoms with Gasteiger partial charge in [0.15, 0.2) is 0 Å². The first-order chi connectivity index (χ1) is 17.6. The highest BCUT2D eigenvalue weighted by atomic mass is 32.2. The molecule has 194 valence electrons. The van der Waals surface area contributed by atoms with Crippen molar-refractivity contribution in [3.8, 4) is 11.3 Å². The van der Waals surface area contributed by atoms with Gasteiger partial charge in [0.05, 0.1) is 16.5 Å². The Labute approximate surface area is 222 Å². The molecule has 2 aromatic carbocycles. The van der Waals surface area contributed by atoms with E-state index >= 15 is 0 Å². The molecule has 1 aromatic heterocycles. The summed E-state index contributed by atoms with van der Waals surface area (Å²) in [6.45, 7) is 6.24. The minimum atomic E-state index is -1.30. The van der Waals surface area contributed by atoms with Gasteiger partial charge in [-0.15, -0.1) is 0 Å². The minimum absolute atomic E-state index is 0.0420. The van der Waals surface area contributed by atoms with Crippen LogP contribution in [0.15, 0.2) is 60.7 Å². The molecule has 3 aromatic rings. The topological polar surface area (TPSA) is 73.7 Å². The number of hydrogen-bond acceptors (Lipinski definition) is 4. The number of rotatable bonds is 7. The van der Waals surface area contributed by atoms with Crippen molar-refractivity contribution in [3.05, 3.63) is 88.6 Å². The number of carbonyl (C=O) groups excluding carboxylic acids is 1. The number of aliphatic hydroxyl groups is 1. The SMILES string of the molecule is CN(C)C(=O)c1cc2c(c(-c3cccc(/C=C/c4ccccc4)c3)n1)[C@@H](CCO)N([S@](=O)C(C)(C)C)C2. The quantitative estimate of drug-likeness (QED) is 0.431. The van der Waals surface area contributed by atoms with Crippen molar-refractivity contribution in [2.24, 2.45) is 0 Å². The monoisotopic (exact) mass is 517 g/mol. The zero-order valence-corrected chi connectivity index (χ0v) is 23.0. The number of aromatic nitrogens is 1. The standard InChI is InChI=1S/C30H35N3O3S/c1-30(2,3)37(36)33-20-24-19-25(29(35)32(4)5)31-28(27(24)26(33)16-17-34)23-13-9-12-22(18-23)15-14-21-10-7-6-8-11-21/h6-15,18-19,26,34H,16-17,20H2,1-5H3/b15-14+/t26-,37-/m1/s1. The van der Waals surface area contributed by atoms with Crippen molar-refractivity contribution < 1.29 is 14.1 Å². The zero-order valence-electron chi connectivity index (χ0n) is 22.1. The lowest BCUT2D eigenvalue weighted by molar-refractivity contribution is 0.0822. The molecule has 0 spiro atoms. The molecule has 0 fully saturated rings. The normalized spacial score (nSPS) is 16.6. The molecule has 6 nitrogen and oxygen atoms in total. The van der Waals surface area contributed by atoms with Crippen molar-refractivity contribution in [2.45, 2.75) is 44.5 Å². The Morgan fingerprint density at radius 3 is 2.41 bits per heavy atom. The first-order valence-electron chi connectivity index (χ1n) is 12.5. The van der Waals surface area contributed by atoms with E-state index in [9.17, 15) is 14.1 Å². The second-order valence-corrected chi connectivity index (χ2v) is 12.7. The van der Waals surface area contributed by atoms with Gasteiger partial charge in [-0.3, -0.25) is 4.79 Å². The van der Waals surface area contributed by atoms with E-state index in [1.54, 1.807) is 14.1 Å². The second-order valence-electron chi connectivity index (χ2n) is 10.5. The van der Waals surface area contributed by atoms with Gasteiger partial charge in [-0.05, 0) is 56.0 Å². The molecular formula is C30H35N3O3S. The largest absolute Gasteiger partial charge is 0.396 e. The van der Waals surface area contributed by atoms with Gasteiger partial charge in [-0.25, -0.2) is 13.5 Å². The molecular weight excluding hydrogens is 482 g/mol. The second kappa shape index (κ2) is 11.1. The third-order valence-electron chi connectivity index (χ3n) is 6.34. The molecule has 37 heavy (non-hydrogen) atoms. The van der Waals surface area contributed by atoms with Gasteiger partial charge in [0.1, 0.15) is 16.7 Å². The number of benzene rings is 2. The molecule has 1 amide bonds. The predicted octanol–water partition coefficient (Wildman–Crippen LogP) is 5.32. The third-order valence-corrected chi connectivity index (χ3v) is 8.20. The summed E-state index contributed by atoms with van der Waals surface area (Å²) < 4.78 is 15.0. The Hall–Kier alpha value is -3.13. The minimum Gasteiger partial charge on any atom is -0.396 e. The van der Waals surface area contributed by atoms with Crippen LogP contribution in [0.2, 0.25) is 0 Å². The molecule has 2 heterocycles. The van der Waals surface area contributed by atoms with Gasteiger partial charge in [-0.1, -0.05) is 60.7 Å². The van der Waals surface area contributed by atoms with E-state index in [1.807, 2.05) is 67.5 Å². The van der Waals surface area contributed by atoms with Gasteiger partial charge in [0.25, 0.3) is 5.91 Å². The lowest BCUT2D eigenvalue weighted by Gasteiger charge is -2.30. The van der Waals surface area contributed by atoms with Crippen LogP contribution in [0.25, 0.3) is 23.4 Å². The first kappa shape index (κ1) is 26.9. The number of amides is 1. The van der Waals surface area contributed by atoms with Crippen molar-refractivity contribution in [2.75, 3.05) is 20.7 Å².